The Labute approximate surface area is 140 Å². The zero-order valence-electron chi connectivity index (χ0n) is 12.3. The predicted molar refractivity (Wildman–Crippen MR) is 97.6 cm³/mol. The number of carbonyl (C=O) groups is 1. The van der Waals surface area contributed by atoms with Crippen LogP contribution in [0.15, 0.2) is 53.6 Å². The van der Waals surface area contributed by atoms with Gasteiger partial charge in [-0.2, -0.15) is 0 Å². The molecule has 0 bridgehead atoms. The number of benzene rings is 1. The number of amides is 1. The highest BCUT2D eigenvalue weighted by Crippen LogP contribution is 2.39. The van der Waals surface area contributed by atoms with Gasteiger partial charge in [-0.3, -0.25) is 9.69 Å². The second-order valence-corrected chi connectivity index (χ2v) is 6.57. The SMILES string of the molecule is C=CCN1C(=O)/C(=C2/C=Cc3ccccc3N2CC)SC1=S. The number of allylic oxidation sites excluding steroid dienone is 1. The molecule has 0 unspecified atom stereocenters. The van der Waals surface area contributed by atoms with Gasteiger partial charge < -0.3 is 4.90 Å². The Hall–Kier alpha value is -1.85. The Morgan fingerprint density at radius 2 is 2.05 bits per heavy atom. The molecule has 3 rings (SSSR count). The van der Waals surface area contributed by atoms with E-state index in [1.54, 1.807) is 11.0 Å². The quantitative estimate of drug-likeness (QED) is 0.478. The molecule has 2 aliphatic rings. The van der Waals surface area contributed by atoms with E-state index in [0.717, 1.165) is 23.5 Å². The maximum atomic E-state index is 12.6. The standard InChI is InChI=1S/C17H16N2OS2/c1-3-11-19-16(20)15(22-17(19)21)14-10-9-12-7-5-6-8-13(12)18(14)4-2/h3,5-10H,1,4,11H2,2H3/b15-14+. The van der Waals surface area contributed by atoms with E-state index in [1.807, 2.05) is 18.2 Å². The van der Waals surface area contributed by atoms with Gasteiger partial charge in [0.05, 0.1) is 5.70 Å². The fourth-order valence-electron chi connectivity index (χ4n) is 2.64. The van der Waals surface area contributed by atoms with Gasteiger partial charge in [0, 0.05) is 18.8 Å². The second kappa shape index (κ2) is 6.10. The van der Waals surface area contributed by atoms with Crippen LogP contribution in [0.4, 0.5) is 5.69 Å². The number of thioether (sulfide) groups is 1. The van der Waals surface area contributed by atoms with Crippen LogP contribution in [-0.2, 0) is 4.79 Å². The van der Waals surface area contributed by atoms with Gasteiger partial charge in [-0.15, -0.1) is 6.58 Å². The van der Waals surface area contributed by atoms with Gasteiger partial charge >= 0.3 is 0 Å². The molecule has 0 saturated carbocycles. The van der Waals surface area contributed by atoms with Gasteiger partial charge in [0.2, 0.25) is 0 Å². The van der Waals surface area contributed by atoms with Crippen LogP contribution in [-0.4, -0.2) is 28.2 Å². The van der Waals surface area contributed by atoms with Crippen LogP contribution in [0.25, 0.3) is 6.08 Å². The van der Waals surface area contributed by atoms with Crippen LogP contribution in [0.5, 0.6) is 0 Å². The van der Waals surface area contributed by atoms with E-state index < -0.39 is 0 Å². The van der Waals surface area contributed by atoms with Crippen molar-refractivity contribution in [2.24, 2.45) is 0 Å². The van der Waals surface area contributed by atoms with Crippen LogP contribution >= 0.6 is 24.0 Å². The van der Waals surface area contributed by atoms with E-state index >= 15 is 0 Å². The summed E-state index contributed by atoms with van der Waals surface area (Å²) < 4.78 is 0.593. The highest BCUT2D eigenvalue weighted by molar-refractivity contribution is 8.26. The third-order valence-corrected chi connectivity index (χ3v) is 5.10. The highest BCUT2D eigenvalue weighted by Gasteiger charge is 2.35. The molecule has 2 aliphatic heterocycles. The van der Waals surface area contributed by atoms with Gasteiger partial charge in [-0.1, -0.05) is 54.3 Å². The molecular formula is C17H16N2OS2. The monoisotopic (exact) mass is 328 g/mol. The van der Waals surface area contributed by atoms with Crippen molar-refractivity contribution < 1.29 is 4.79 Å². The summed E-state index contributed by atoms with van der Waals surface area (Å²) in [5.74, 6) is -0.0348. The van der Waals surface area contributed by atoms with E-state index in [9.17, 15) is 4.79 Å². The largest absolute Gasteiger partial charge is 0.340 e. The summed E-state index contributed by atoms with van der Waals surface area (Å²) in [6, 6.07) is 8.19. The third kappa shape index (κ3) is 2.40. The maximum absolute atomic E-state index is 12.6. The molecule has 0 N–H and O–H groups in total. The first kappa shape index (κ1) is 15.1. The van der Waals surface area contributed by atoms with Crippen molar-refractivity contribution in [3.8, 4) is 0 Å². The lowest BCUT2D eigenvalue weighted by atomic mass is 10.1. The van der Waals surface area contributed by atoms with Gasteiger partial charge in [-0.25, -0.2) is 0 Å². The number of para-hydroxylation sites is 1. The second-order valence-electron chi connectivity index (χ2n) is 4.92. The van der Waals surface area contributed by atoms with Crippen molar-refractivity contribution in [3.63, 3.8) is 0 Å². The molecule has 2 heterocycles. The molecule has 1 aromatic carbocycles. The highest BCUT2D eigenvalue weighted by atomic mass is 32.2. The Kier molecular flexibility index (Phi) is 4.18. The predicted octanol–water partition coefficient (Wildman–Crippen LogP) is 3.80. The first-order chi connectivity index (χ1) is 10.7. The molecule has 0 aliphatic carbocycles. The smallest absolute Gasteiger partial charge is 0.268 e. The molecule has 112 valence electrons. The molecule has 1 amide bonds. The zero-order valence-corrected chi connectivity index (χ0v) is 13.9. The molecule has 0 aromatic heterocycles. The number of hydrogen-bond acceptors (Lipinski definition) is 4. The molecule has 0 atom stereocenters. The van der Waals surface area contributed by atoms with Crippen molar-refractivity contribution in [2.75, 3.05) is 18.0 Å². The lowest BCUT2D eigenvalue weighted by Gasteiger charge is -2.30. The summed E-state index contributed by atoms with van der Waals surface area (Å²) in [6.07, 6.45) is 5.75. The number of fused-ring (bicyclic) bond motifs is 1. The summed E-state index contributed by atoms with van der Waals surface area (Å²) in [5, 5.41) is 0. The Balaban J connectivity index is 2.07. The average Bonchev–Trinajstić information content (AvgIpc) is 2.82. The minimum Gasteiger partial charge on any atom is -0.340 e. The van der Waals surface area contributed by atoms with Crippen molar-refractivity contribution >= 4 is 46.0 Å². The van der Waals surface area contributed by atoms with Gasteiger partial charge in [0.15, 0.2) is 0 Å². The van der Waals surface area contributed by atoms with Crippen LogP contribution in [0.2, 0.25) is 0 Å². The van der Waals surface area contributed by atoms with Gasteiger partial charge in [0.1, 0.15) is 9.23 Å². The molecule has 1 saturated heterocycles. The zero-order chi connectivity index (χ0) is 15.7. The van der Waals surface area contributed by atoms with Crippen molar-refractivity contribution in [1.29, 1.82) is 0 Å². The van der Waals surface area contributed by atoms with E-state index in [4.69, 9.17) is 12.2 Å². The van der Waals surface area contributed by atoms with E-state index in [2.05, 4.69) is 36.6 Å². The van der Waals surface area contributed by atoms with Crippen molar-refractivity contribution in [2.45, 2.75) is 6.92 Å². The lowest BCUT2D eigenvalue weighted by Crippen LogP contribution is -2.30. The molecule has 1 aromatic rings. The Morgan fingerprint density at radius 3 is 2.77 bits per heavy atom. The summed E-state index contributed by atoms with van der Waals surface area (Å²) in [6.45, 7) is 7.02. The Bertz CT molecular complexity index is 721. The lowest BCUT2D eigenvalue weighted by molar-refractivity contribution is -0.121. The van der Waals surface area contributed by atoms with Gasteiger partial charge in [0.25, 0.3) is 5.91 Å². The summed E-state index contributed by atoms with van der Waals surface area (Å²) in [7, 11) is 0. The number of carbonyl (C=O) groups excluding carboxylic acids is 1. The molecule has 22 heavy (non-hydrogen) atoms. The fourth-order valence-corrected chi connectivity index (χ4v) is 3.97. The molecular weight excluding hydrogens is 312 g/mol. The fraction of sp³-hybridized carbons (Fsp3) is 0.176. The third-order valence-electron chi connectivity index (χ3n) is 3.65. The molecule has 1 fully saturated rings. The summed E-state index contributed by atoms with van der Waals surface area (Å²) in [4.78, 5) is 17.1. The van der Waals surface area contributed by atoms with E-state index in [-0.39, 0.29) is 5.91 Å². The minimum atomic E-state index is -0.0348. The van der Waals surface area contributed by atoms with E-state index in [0.29, 0.717) is 15.8 Å². The van der Waals surface area contributed by atoms with Crippen molar-refractivity contribution in [3.05, 3.63) is 59.2 Å². The minimum absolute atomic E-state index is 0.0348. The van der Waals surface area contributed by atoms with Crippen molar-refractivity contribution in [1.82, 2.24) is 4.90 Å². The number of anilines is 1. The van der Waals surface area contributed by atoms with Crippen LogP contribution in [0, 0.1) is 0 Å². The molecule has 0 spiro atoms. The van der Waals surface area contributed by atoms with Crippen LogP contribution in [0.3, 0.4) is 0 Å². The molecule has 0 radical (unpaired) electrons. The topological polar surface area (TPSA) is 23.6 Å². The normalized spacial score (nSPS) is 20.6. The summed E-state index contributed by atoms with van der Waals surface area (Å²) in [5.41, 5.74) is 3.20. The Morgan fingerprint density at radius 1 is 1.27 bits per heavy atom. The number of rotatable bonds is 3. The first-order valence-electron chi connectivity index (χ1n) is 7.11. The summed E-state index contributed by atoms with van der Waals surface area (Å²) >= 11 is 6.69. The number of thiocarbonyl (C=S) groups is 1. The molecule has 3 nitrogen and oxygen atoms in total. The first-order valence-corrected chi connectivity index (χ1v) is 8.33. The average molecular weight is 328 g/mol. The number of hydrogen-bond donors (Lipinski definition) is 0. The van der Waals surface area contributed by atoms with Crippen LogP contribution < -0.4 is 4.90 Å². The maximum Gasteiger partial charge on any atom is 0.268 e. The number of nitrogens with zero attached hydrogens (tertiary/aromatic N) is 2. The van der Waals surface area contributed by atoms with Crippen LogP contribution in [0.1, 0.15) is 12.5 Å². The molecule has 5 heteroatoms. The van der Waals surface area contributed by atoms with E-state index in [1.165, 1.54) is 11.8 Å². The number of likely N-dealkylation sites (N-methyl/N-ethyl adjacent to an activating group) is 1. The van der Waals surface area contributed by atoms with Gasteiger partial charge in [-0.05, 0) is 24.6 Å².